The molecular weight excluding hydrogens is 220 g/mol. The van der Waals surface area contributed by atoms with Crippen LogP contribution in [-0.4, -0.2) is 36.6 Å². The van der Waals surface area contributed by atoms with Gasteiger partial charge in [-0.25, -0.2) is 0 Å². The normalized spacial score (nSPS) is 31.2. The molecule has 2 nitrogen and oxygen atoms in total. The molecule has 0 aromatic heterocycles. The van der Waals surface area contributed by atoms with Crippen molar-refractivity contribution in [1.29, 1.82) is 0 Å². The van der Waals surface area contributed by atoms with Gasteiger partial charge in [0.05, 0.1) is 0 Å². The summed E-state index contributed by atoms with van der Waals surface area (Å²) in [5.74, 6) is 1.02. The molecular formula is C16H32N2. The fourth-order valence-corrected chi connectivity index (χ4v) is 3.70. The molecule has 1 N–H and O–H groups in total. The van der Waals surface area contributed by atoms with Crippen LogP contribution in [0.1, 0.15) is 59.8 Å². The molecule has 2 aliphatic rings. The maximum atomic E-state index is 3.78. The third-order valence-corrected chi connectivity index (χ3v) is 4.90. The SMILES string of the molecule is CCCN(CC1CC1)C1CCC(C)(C)C1NCC. The zero-order chi connectivity index (χ0) is 13.2. The van der Waals surface area contributed by atoms with Gasteiger partial charge in [-0.2, -0.15) is 0 Å². The average Bonchev–Trinajstić information content (AvgIpc) is 3.07. The van der Waals surface area contributed by atoms with Gasteiger partial charge < -0.3 is 5.32 Å². The number of hydrogen-bond acceptors (Lipinski definition) is 2. The Balaban J connectivity index is 2.02. The standard InChI is InChI=1S/C16H32N2/c1-5-11-18(12-13-7-8-13)14-9-10-16(3,4)15(14)17-6-2/h13-15,17H,5-12H2,1-4H3. The Morgan fingerprint density at radius 2 is 1.89 bits per heavy atom. The van der Waals surface area contributed by atoms with E-state index in [1.54, 1.807) is 0 Å². The Labute approximate surface area is 114 Å². The quantitative estimate of drug-likeness (QED) is 0.748. The molecule has 2 heteroatoms. The van der Waals surface area contributed by atoms with Crippen LogP contribution in [0.4, 0.5) is 0 Å². The fourth-order valence-electron chi connectivity index (χ4n) is 3.70. The molecule has 0 amide bonds. The maximum absolute atomic E-state index is 3.78. The van der Waals surface area contributed by atoms with E-state index in [1.165, 1.54) is 45.2 Å². The molecule has 18 heavy (non-hydrogen) atoms. The molecule has 0 saturated heterocycles. The van der Waals surface area contributed by atoms with Crippen LogP contribution in [0.15, 0.2) is 0 Å². The highest BCUT2D eigenvalue weighted by Crippen LogP contribution is 2.41. The zero-order valence-corrected chi connectivity index (χ0v) is 12.8. The van der Waals surface area contributed by atoms with Gasteiger partial charge in [0.2, 0.25) is 0 Å². The molecule has 0 radical (unpaired) electrons. The second kappa shape index (κ2) is 5.92. The maximum Gasteiger partial charge on any atom is 0.0274 e. The Kier molecular flexibility index (Phi) is 4.71. The molecule has 0 aliphatic heterocycles. The Hall–Kier alpha value is -0.0800. The third kappa shape index (κ3) is 3.27. The number of likely N-dealkylation sites (N-methyl/N-ethyl adjacent to an activating group) is 1. The lowest BCUT2D eigenvalue weighted by Gasteiger charge is -2.38. The van der Waals surface area contributed by atoms with E-state index >= 15 is 0 Å². The van der Waals surface area contributed by atoms with Crippen molar-refractivity contribution in [2.45, 2.75) is 71.9 Å². The molecule has 0 spiro atoms. The van der Waals surface area contributed by atoms with Crippen molar-refractivity contribution in [1.82, 2.24) is 10.2 Å². The summed E-state index contributed by atoms with van der Waals surface area (Å²) in [5, 5.41) is 3.78. The van der Waals surface area contributed by atoms with Gasteiger partial charge in [-0.1, -0.05) is 27.7 Å². The van der Waals surface area contributed by atoms with Crippen LogP contribution in [-0.2, 0) is 0 Å². The van der Waals surface area contributed by atoms with Crippen LogP contribution in [0.25, 0.3) is 0 Å². The molecule has 2 rings (SSSR count). The van der Waals surface area contributed by atoms with Crippen molar-refractivity contribution in [3.05, 3.63) is 0 Å². The van der Waals surface area contributed by atoms with E-state index < -0.39 is 0 Å². The highest BCUT2D eigenvalue weighted by Gasteiger charge is 2.44. The fraction of sp³-hybridized carbons (Fsp3) is 1.00. The smallest absolute Gasteiger partial charge is 0.0274 e. The van der Waals surface area contributed by atoms with Crippen LogP contribution in [0.2, 0.25) is 0 Å². The van der Waals surface area contributed by atoms with Gasteiger partial charge in [-0.05, 0) is 56.5 Å². The molecule has 0 aromatic carbocycles. The number of nitrogens with one attached hydrogen (secondary N) is 1. The number of nitrogens with zero attached hydrogens (tertiary/aromatic N) is 1. The topological polar surface area (TPSA) is 15.3 Å². The lowest BCUT2D eigenvalue weighted by atomic mass is 9.86. The van der Waals surface area contributed by atoms with Gasteiger partial charge >= 0.3 is 0 Å². The molecule has 2 saturated carbocycles. The van der Waals surface area contributed by atoms with Crippen LogP contribution in [0.5, 0.6) is 0 Å². The summed E-state index contributed by atoms with van der Waals surface area (Å²) in [6.07, 6.45) is 7.00. The summed E-state index contributed by atoms with van der Waals surface area (Å²) in [5.41, 5.74) is 0.468. The van der Waals surface area contributed by atoms with Gasteiger partial charge in [-0.3, -0.25) is 4.90 Å². The Morgan fingerprint density at radius 1 is 1.17 bits per heavy atom. The summed E-state index contributed by atoms with van der Waals surface area (Å²) in [7, 11) is 0. The summed E-state index contributed by atoms with van der Waals surface area (Å²) < 4.78 is 0. The van der Waals surface area contributed by atoms with Crippen molar-refractivity contribution in [3.8, 4) is 0 Å². The van der Waals surface area contributed by atoms with E-state index in [4.69, 9.17) is 0 Å². The number of hydrogen-bond donors (Lipinski definition) is 1. The largest absolute Gasteiger partial charge is 0.312 e. The summed E-state index contributed by atoms with van der Waals surface area (Å²) >= 11 is 0. The Bertz CT molecular complexity index is 258. The van der Waals surface area contributed by atoms with Crippen LogP contribution in [0, 0.1) is 11.3 Å². The molecule has 2 fully saturated rings. The predicted octanol–water partition coefficient (Wildman–Crippen LogP) is 3.28. The highest BCUT2D eigenvalue weighted by molar-refractivity contribution is 5.01. The molecule has 0 bridgehead atoms. The van der Waals surface area contributed by atoms with Crippen LogP contribution < -0.4 is 5.32 Å². The van der Waals surface area contributed by atoms with E-state index in [0.29, 0.717) is 11.5 Å². The van der Waals surface area contributed by atoms with Crippen molar-refractivity contribution in [2.75, 3.05) is 19.6 Å². The first-order chi connectivity index (χ1) is 8.58. The Morgan fingerprint density at radius 3 is 2.44 bits per heavy atom. The van der Waals surface area contributed by atoms with Crippen LogP contribution >= 0.6 is 0 Å². The van der Waals surface area contributed by atoms with Gasteiger partial charge in [0, 0.05) is 18.6 Å². The van der Waals surface area contributed by atoms with Crippen molar-refractivity contribution in [3.63, 3.8) is 0 Å². The lowest BCUT2D eigenvalue weighted by Crippen LogP contribution is -2.52. The van der Waals surface area contributed by atoms with Crippen molar-refractivity contribution in [2.24, 2.45) is 11.3 Å². The predicted molar refractivity (Wildman–Crippen MR) is 78.9 cm³/mol. The minimum absolute atomic E-state index is 0.468. The first-order valence-corrected chi connectivity index (χ1v) is 8.06. The van der Waals surface area contributed by atoms with Crippen LogP contribution in [0.3, 0.4) is 0 Å². The van der Waals surface area contributed by atoms with Gasteiger partial charge in [0.15, 0.2) is 0 Å². The zero-order valence-electron chi connectivity index (χ0n) is 12.8. The van der Waals surface area contributed by atoms with Gasteiger partial charge in [0.1, 0.15) is 0 Å². The van der Waals surface area contributed by atoms with Crippen molar-refractivity contribution < 1.29 is 0 Å². The summed E-state index contributed by atoms with van der Waals surface area (Å²) in [6, 6.07) is 1.47. The van der Waals surface area contributed by atoms with Gasteiger partial charge in [-0.15, -0.1) is 0 Å². The minimum Gasteiger partial charge on any atom is -0.312 e. The molecule has 2 atom stereocenters. The highest BCUT2D eigenvalue weighted by atomic mass is 15.2. The van der Waals surface area contributed by atoms with E-state index in [1.807, 2.05) is 0 Å². The minimum atomic E-state index is 0.468. The average molecular weight is 252 g/mol. The molecule has 106 valence electrons. The van der Waals surface area contributed by atoms with E-state index in [9.17, 15) is 0 Å². The summed E-state index contributed by atoms with van der Waals surface area (Å²) in [6.45, 7) is 13.2. The molecule has 0 aromatic rings. The molecule has 2 aliphatic carbocycles. The lowest BCUT2D eigenvalue weighted by molar-refractivity contribution is 0.139. The first-order valence-electron chi connectivity index (χ1n) is 8.06. The molecule has 2 unspecified atom stereocenters. The monoisotopic (exact) mass is 252 g/mol. The third-order valence-electron chi connectivity index (χ3n) is 4.90. The molecule has 0 heterocycles. The summed E-state index contributed by atoms with van der Waals surface area (Å²) in [4.78, 5) is 2.81. The van der Waals surface area contributed by atoms with E-state index in [2.05, 4.69) is 37.9 Å². The number of rotatable bonds is 7. The van der Waals surface area contributed by atoms with E-state index in [-0.39, 0.29) is 0 Å². The second-order valence-electron chi connectivity index (χ2n) is 7.07. The van der Waals surface area contributed by atoms with Crippen molar-refractivity contribution >= 4 is 0 Å². The van der Waals surface area contributed by atoms with E-state index in [0.717, 1.165) is 18.5 Å². The first kappa shape index (κ1) is 14.3. The van der Waals surface area contributed by atoms with Gasteiger partial charge in [0.25, 0.3) is 0 Å². The second-order valence-corrected chi connectivity index (χ2v) is 7.07.